The molecule has 0 heterocycles. The van der Waals surface area contributed by atoms with Crippen LogP contribution in [0.3, 0.4) is 0 Å². The maximum atomic E-state index is 6.14. The molecule has 1 rings (SSSR count). The first kappa shape index (κ1) is 17.5. The Kier molecular flexibility index (Phi) is 7.56. The second-order valence-corrected chi connectivity index (χ2v) is 6.06. The number of benzene rings is 1. The first-order valence-electron chi connectivity index (χ1n) is 7.35. The van der Waals surface area contributed by atoms with Crippen LogP contribution >= 0.6 is 15.9 Å². The van der Waals surface area contributed by atoms with Gasteiger partial charge in [0.15, 0.2) is 0 Å². The molecule has 1 atom stereocenters. The van der Waals surface area contributed by atoms with Gasteiger partial charge in [-0.25, -0.2) is 0 Å². The molecule has 2 N–H and O–H groups in total. The second kappa shape index (κ2) is 8.65. The second-order valence-electron chi connectivity index (χ2n) is 5.15. The highest BCUT2D eigenvalue weighted by Crippen LogP contribution is 2.31. The maximum Gasteiger partial charge on any atom is 0.0637 e. The molecule has 3 nitrogen and oxygen atoms in total. The Morgan fingerprint density at radius 2 is 1.95 bits per heavy atom. The summed E-state index contributed by atoms with van der Waals surface area (Å²) in [5.74, 6) is 0. The Labute approximate surface area is 131 Å². The summed E-state index contributed by atoms with van der Waals surface area (Å²) in [6.07, 6.45) is 2.23. The minimum absolute atomic E-state index is 0.0255. The van der Waals surface area contributed by atoms with E-state index in [1.807, 2.05) is 6.92 Å². The van der Waals surface area contributed by atoms with Gasteiger partial charge in [-0.15, -0.1) is 0 Å². The minimum atomic E-state index is 0.0255. The number of hydrogen-bond donors (Lipinski definition) is 1. The normalized spacial score (nSPS) is 12.8. The monoisotopic (exact) mass is 342 g/mol. The summed E-state index contributed by atoms with van der Waals surface area (Å²) in [7, 11) is 1.75. The van der Waals surface area contributed by atoms with E-state index in [2.05, 4.69) is 52.9 Å². The lowest BCUT2D eigenvalue weighted by Gasteiger charge is -2.35. The van der Waals surface area contributed by atoms with Gasteiger partial charge in [0.2, 0.25) is 0 Å². The molecule has 0 saturated heterocycles. The first-order chi connectivity index (χ1) is 9.54. The predicted octanol–water partition coefficient (Wildman–Crippen LogP) is 4.11. The standard InChI is InChI=1S/C16H27BrN2O/c1-5-14(6-2)19(9-10-20-4)16-11-13(17)7-8-15(16)12(3)18/h7-8,11-12,14H,5-6,9-10,18H2,1-4H3. The largest absolute Gasteiger partial charge is 0.383 e. The molecular weight excluding hydrogens is 316 g/mol. The number of nitrogens with zero attached hydrogens (tertiary/aromatic N) is 1. The topological polar surface area (TPSA) is 38.5 Å². The van der Waals surface area contributed by atoms with Crippen molar-refractivity contribution in [3.8, 4) is 0 Å². The fourth-order valence-corrected chi connectivity index (χ4v) is 2.92. The van der Waals surface area contributed by atoms with Crippen LogP contribution in [-0.2, 0) is 4.74 Å². The predicted molar refractivity (Wildman–Crippen MR) is 90.3 cm³/mol. The Morgan fingerprint density at radius 3 is 2.45 bits per heavy atom. The van der Waals surface area contributed by atoms with E-state index < -0.39 is 0 Å². The summed E-state index contributed by atoms with van der Waals surface area (Å²) >= 11 is 3.58. The Bertz CT molecular complexity index is 405. The molecule has 0 fully saturated rings. The molecular formula is C16H27BrN2O. The smallest absolute Gasteiger partial charge is 0.0637 e. The molecule has 1 unspecified atom stereocenters. The number of methoxy groups -OCH3 is 1. The fourth-order valence-electron chi connectivity index (χ4n) is 2.57. The van der Waals surface area contributed by atoms with E-state index in [1.165, 1.54) is 11.3 Å². The van der Waals surface area contributed by atoms with Crippen molar-refractivity contribution in [3.63, 3.8) is 0 Å². The van der Waals surface area contributed by atoms with Crippen LogP contribution in [-0.4, -0.2) is 26.3 Å². The number of rotatable bonds is 8. The van der Waals surface area contributed by atoms with Crippen LogP contribution in [0.4, 0.5) is 5.69 Å². The number of nitrogens with two attached hydrogens (primary N) is 1. The van der Waals surface area contributed by atoms with Crippen molar-refractivity contribution in [1.29, 1.82) is 0 Å². The third-order valence-electron chi connectivity index (χ3n) is 3.71. The zero-order valence-corrected chi connectivity index (χ0v) is 14.6. The van der Waals surface area contributed by atoms with Crippen LogP contribution in [0.1, 0.15) is 45.2 Å². The first-order valence-corrected chi connectivity index (χ1v) is 8.15. The lowest BCUT2D eigenvalue weighted by molar-refractivity contribution is 0.202. The molecule has 0 radical (unpaired) electrons. The van der Waals surface area contributed by atoms with E-state index in [0.29, 0.717) is 6.04 Å². The van der Waals surface area contributed by atoms with Gasteiger partial charge in [-0.05, 0) is 37.5 Å². The van der Waals surface area contributed by atoms with Crippen LogP contribution in [0.5, 0.6) is 0 Å². The SMILES string of the molecule is CCC(CC)N(CCOC)c1cc(Br)ccc1C(C)N. The van der Waals surface area contributed by atoms with Gasteiger partial charge in [-0.2, -0.15) is 0 Å². The summed E-state index contributed by atoms with van der Waals surface area (Å²) in [5, 5.41) is 0. The molecule has 0 aliphatic rings. The summed E-state index contributed by atoms with van der Waals surface area (Å²) < 4.78 is 6.37. The van der Waals surface area contributed by atoms with E-state index in [0.717, 1.165) is 30.5 Å². The van der Waals surface area contributed by atoms with Gasteiger partial charge in [0.05, 0.1) is 6.61 Å². The van der Waals surface area contributed by atoms with E-state index in [4.69, 9.17) is 10.5 Å². The zero-order chi connectivity index (χ0) is 15.1. The summed E-state index contributed by atoms with van der Waals surface area (Å²) in [4.78, 5) is 2.44. The molecule has 0 saturated carbocycles. The number of ether oxygens (including phenoxy) is 1. The van der Waals surface area contributed by atoms with Crippen molar-refractivity contribution < 1.29 is 4.74 Å². The van der Waals surface area contributed by atoms with Crippen LogP contribution < -0.4 is 10.6 Å². The van der Waals surface area contributed by atoms with Gasteiger partial charge in [0, 0.05) is 35.9 Å². The molecule has 0 spiro atoms. The summed E-state index contributed by atoms with van der Waals surface area (Å²) in [6, 6.07) is 6.89. The summed E-state index contributed by atoms with van der Waals surface area (Å²) in [6.45, 7) is 8.11. The van der Waals surface area contributed by atoms with Gasteiger partial charge in [0.1, 0.15) is 0 Å². The average Bonchev–Trinajstić information content (AvgIpc) is 2.43. The molecule has 0 amide bonds. The van der Waals surface area contributed by atoms with E-state index >= 15 is 0 Å². The molecule has 20 heavy (non-hydrogen) atoms. The van der Waals surface area contributed by atoms with Crippen molar-refractivity contribution >= 4 is 21.6 Å². The Hall–Kier alpha value is -0.580. The van der Waals surface area contributed by atoms with Crippen LogP contribution in [0.25, 0.3) is 0 Å². The lowest BCUT2D eigenvalue weighted by Crippen LogP contribution is -2.38. The molecule has 4 heteroatoms. The minimum Gasteiger partial charge on any atom is -0.383 e. The third-order valence-corrected chi connectivity index (χ3v) is 4.21. The van der Waals surface area contributed by atoms with Gasteiger partial charge in [0.25, 0.3) is 0 Å². The van der Waals surface area contributed by atoms with E-state index in [9.17, 15) is 0 Å². The third kappa shape index (κ3) is 4.47. The van der Waals surface area contributed by atoms with Crippen molar-refractivity contribution in [3.05, 3.63) is 28.2 Å². The van der Waals surface area contributed by atoms with Crippen molar-refractivity contribution in [2.45, 2.75) is 45.7 Å². The molecule has 1 aromatic rings. The average molecular weight is 343 g/mol. The molecule has 0 aromatic heterocycles. The van der Waals surface area contributed by atoms with Gasteiger partial charge < -0.3 is 15.4 Å². The maximum absolute atomic E-state index is 6.14. The van der Waals surface area contributed by atoms with Crippen molar-refractivity contribution in [2.24, 2.45) is 5.73 Å². The molecule has 114 valence electrons. The van der Waals surface area contributed by atoms with Crippen molar-refractivity contribution in [1.82, 2.24) is 0 Å². The quantitative estimate of drug-likeness (QED) is 0.772. The van der Waals surface area contributed by atoms with Crippen LogP contribution in [0.15, 0.2) is 22.7 Å². The molecule has 1 aromatic carbocycles. The molecule has 0 aliphatic heterocycles. The highest BCUT2D eigenvalue weighted by molar-refractivity contribution is 9.10. The highest BCUT2D eigenvalue weighted by atomic mass is 79.9. The number of halogens is 1. The zero-order valence-electron chi connectivity index (χ0n) is 13.0. The fraction of sp³-hybridized carbons (Fsp3) is 0.625. The van der Waals surface area contributed by atoms with Gasteiger partial charge in [-0.3, -0.25) is 0 Å². The van der Waals surface area contributed by atoms with Crippen LogP contribution in [0.2, 0.25) is 0 Å². The highest BCUT2D eigenvalue weighted by Gasteiger charge is 2.20. The van der Waals surface area contributed by atoms with Gasteiger partial charge in [-0.1, -0.05) is 35.8 Å². The van der Waals surface area contributed by atoms with Crippen molar-refractivity contribution in [2.75, 3.05) is 25.2 Å². The number of anilines is 1. The Morgan fingerprint density at radius 1 is 1.30 bits per heavy atom. The van der Waals surface area contributed by atoms with E-state index in [-0.39, 0.29) is 6.04 Å². The van der Waals surface area contributed by atoms with Crippen LogP contribution in [0, 0.1) is 0 Å². The van der Waals surface area contributed by atoms with E-state index in [1.54, 1.807) is 7.11 Å². The number of hydrogen-bond acceptors (Lipinski definition) is 3. The van der Waals surface area contributed by atoms with Gasteiger partial charge >= 0.3 is 0 Å². The molecule has 0 bridgehead atoms. The summed E-state index contributed by atoms with van der Waals surface area (Å²) in [5.41, 5.74) is 8.55. The Balaban J connectivity index is 3.20. The molecule has 0 aliphatic carbocycles. The lowest BCUT2D eigenvalue weighted by atomic mass is 10.0.